The Balaban J connectivity index is 3.06. The molecule has 0 fully saturated rings. The van der Waals surface area contributed by atoms with Crippen molar-refractivity contribution in [3.8, 4) is 6.07 Å². The smallest absolute Gasteiger partial charge is 0.263 e. The molecule has 0 atom stereocenters. The number of nitriles is 1. The molecule has 2 heterocycles. The second kappa shape index (κ2) is 2.60. The monoisotopic (exact) mass is 189 g/mol. The van der Waals surface area contributed by atoms with Crippen LogP contribution in [-0.4, -0.2) is 14.5 Å². The van der Waals surface area contributed by atoms with Crippen LogP contribution in [-0.2, 0) is 7.05 Å². The summed E-state index contributed by atoms with van der Waals surface area (Å²) in [6.07, 6.45) is 1.55. The van der Waals surface area contributed by atoms with Crippen LogP contribution in [0.5, 0.6) is 0 Å². The molecule has 2 rings (SSSR count). The van der Waals surface area contributed by atoms with E-state index in [1.54, 1.807) is 17.8 Å². The van der Waals surface area contributed by atoms with E-state index < -0.39 is 0 Å². The third-order valence-electron chi connectivity index (χ3n) is 1.97. The van der Waals surface area contributed by atoms with E-state index >= 15 is 0 Å². The molecule has 0 aromatic carbocycles. The Bertz CT molecular complexity index is 600. The Kier molecular flexibility index (Phi) is 1.54. The molecule has 70 valence electrons. The van der Waals surface area contributed by atoms with Crippen LogP contribution >= 0.6 is 0 Å². The summed E-state index contributed by atoms with van der Waals surface area (Å²) in [6, 6.07) is 1.93. The fraction of sp³-hybridized carbons (Fsp3) is 0.125. The number of nitrogen functional groups attached to an aromatic ring is 1. The summed E-state index contributed by atoms with van der Waals surface area (Å²) in [6.45, 7) is 0. The van der Waals surface area contributed by atoms with Crippen LogP contribution in [0.15, 0.2) is 11.0 Å². The minimum absolute atomic E-state index is 0.0492. The van der Waals surface area contributed by atoms with Crippen LogP contribution in [0.25, 0.3) is 11.0 Å². The summed E-state index contributed by atoms with van der Waals surface area (Å²) in [4.78, 5) is 17.7. The Morgan fingerprint density at radius 2 is 2.43 bits per heavy atom. The van der Waals surface area contributed by atoms with Gasteiger partial charge >= 0.3 is 0 Å². The molecule has 0 aliphatic heterocycles. The Labute approximate surface area is 78.6 Å². The first-order valence-electron chi connectivity index (χ1n) is 3.88. The standard InChI is InChI=1S/C8H7N5O/c1-13-3-4(2-9)5-6(13)11-8(10)12-7(5)14/h3H,1H3,(H3,10,11,12,14). The fourth-order valence-electron chi connectivity index (χ4n) is 1.38. The van der Waals surface area contributed by atoms with Crippen LogP contribution in [0.1, 0.15) is 5.56 Å². The highest BCUT2D eigenvalue weighted by Crippen LogP contribution is 2.13. The van der Waals surface area contributed by atoms with Crippen LogP contribution in [0, 0.1) is 11.3 Å². The molecule has 2 aromatic heterocycles. The maximum Gasteiger partial charge on any atom is 0.263 e. The molecule has 2 aromatic rings. The Morgan fingerprint density at radius 3 is 3.07 bits per heavy atom. The zero-order chi connectivity index (χ0) is 10.3. The number of aryl methyl sites for hydroxylation is 1. The number of anilines is 1. The molecule has 0 spiro atoms. The maximum absolute atomic E-state index is 11.5. The van der Waals surface area contributed by atoms with Gasteiger partial charge in [-0.3, -0.25) is 9.78 Å². The number of rotatable bonds is 0. The second-order valence-electron chi connectivity index (χ2n) is 2.92. The van der Waals surface area contributed by atoms with Crippen molar-refractivity contribution in [3.05, 3.63) is 22.1 Å². The molecule has 0 radical (unpaired) electrons. The molecule has 3 N–H and O–H groups in total. The van der Waals surface area contributed by atoms with Gasteiger partial charge in [0, 0.05) is 13.2 Å². The minimum atomic E-state index is -0.385. The lowest BCUT2D eigenvalue weighted by Crippen LogP contribution is -2.11. The summed E-state index contributed by atoms with van der Waals surface area (Å²) < 4.78 is 1.60. The van der Waals surface area contributed by atoms with Gasteiger partial charge in [-0.2, -0.15) is 10.2 Å². The van der Waals surface area contributed by atoms with Crippen LogP contribution in [0.4, 0.5) is 5.95 Å². The van der Waals surface area contributed by atoms with E-state index in [1.807, 2.05) is 6.07 Å². The van der Waals surface area contributed by atoms with Crippen molar-refractivity contribution in [1.29, 1.82) is 5.26 Å². The van der Waals surface area contributed by atoms with Crippen molar-refractivity contribution in [2.45, 2.75) is 0 Å². The molecular weight excluding hydrogens is 182 g/mol. The second-order valence-corrected chi connectivity index (χ2v) is 2.92. The van der Waals surface area contributed by atoms with E-state index in [0.717, 1.165) is 0 Å². The van der Waals surface area contributed by atoms with E-state index in [-0.39, 0.29) is 16.9 Å². The molecule has 0 saturated carbocycles. The number of H-pyrrole nitrogens is 1. The minimum Gasteiger partial charge on any atom is -0.369 e. The molecular formula is C8H7N5O. The number of fused-ring (bicyclic) bond motifs is 1. The average Bonchev–Trinajstić information content (AvgIpc) is 2.43. The summed E-state index contributed by atoms with van der Waals surface area (Å²) >= 11 is 0. The highest BCUT2D eigenvalue weighted by molar-refractivity contribution is 5.82. The molecule has 6 nitrogen and oxygen atoms in total. The molecule has 6 heteroatoms. The number of hydrogen-bond donors (Lipinski definition) is 2. The van der Waals surface area contributed by atoms with E-state index in [1.165, 1.54) is 0 Å². The van der Waals surface area contributed by atoms with E-state index in [4.69, 9.17) is 11.0 Å². The fourth-order valence-corrected chi connectivity index (χ4v) is 1.38. The zero-order valence-corrected chi connectivity index (χ0v) is 7.40. The first-order valence-corrected chi connectivity index (χ1v) is 3.88. The summed E-state index contributed by atoms with van der Waals surface area (Å²) in [7, 11) is 1.70. The SMILES string of the molecule is Cn1cc(C#N)c2c(=O)[nH]c(N)nc21. The average molecular weight is 189 g/mol. The topological polar surface area (TPSA) is 100 Å². The van der Waals surface area contributed by atoms with Crippen LogP contribution < -0.4 is 11.3 Å². The summed E-state index contributed by atoms with van der Waals surface area (Å²) in [5.41, 5.74) is 5.72. The summed E-state index contributed by atoms with van der Waals surface area (Å²) in [5.74, 6) is 0.0492. The zero-order valence-electron chi connectivity index (χ0n) is 7.40. The molecule has 0 unspecified atom stereocenters. The van der Waals surface area contributed by atoms with Crippen molar-refractivity contribution in [1.82, 2.24) is 14.5 Å². The maximum atomic E-state index is 11.5. The third kappa shape index (κ3) is 0.959. The van der Waals surface area contributed by atoms with Gasteiger partial charge in [0.05, 0.1) is 5.56 Å². The van der Waals surface area contributed by atoms with Gasteiger partial charge in [-0.15, -0.1) is 0 Å². The van der Waals surface area contributed by atoms with Crippen molar-refractivity contribution in [2.75, 3.05) is 5.73 Å². The van der Waals surface area contributed by atoms with Gasteiger partial charge in [0.2, 0.25) is 5.95 Å². The predicted molar refractivity (Wildman–Crippen MR) is 50.5 cm³/mol. The van der Waals surface area contributed by atoms with E-state index in [2.05, 4.69) is 9.97 Å². The van der Waals surface area contributed by atoms with Gasteiger partial charge in [0.1, 0.15) is 11.5 Å². The highest BCUT2D eigenvalue weighted by Gasteiger charge is 2.11. The lowest BCUT2D eigenvalue weighted by Gasteiger charge is -1.95. The van der Waals surface area contributed by atoms with Crippen LogP contribution in [0.3, 0.4) is 0 Å². The quantitative estimate of drug-likeness (QED) is 0.594. The number of hydrogen-bond acceptors (Lipinski definition) is 4. The van der Waals surface area contributed by atoms with Crippen molar-refractivity contribution >= 4 is 17.0 Å². The Hall–Kier alpha value is -2.29. The molecule has 0 aliphatic rings. The van der Waals surface area contributed by atoms with Crippen molar-refractivity contribution < 1.29 is 0 Å². The third-order valence-corrected chi connectivity index (χ3v) is 1.97. The molecule has 0 bridgehead atoms. The molecule has 0 aliphatic carbocycles. The van der Waals surface area contributed by atoms with E-state index in [0.29, 0.717) is 11.2 Å². The first kappa shape index (κ1) is 8.31. The van der Waals surface area contributed by atoms with Gasteiger partial charge in [0.25, 0.3) is 5.56 Å². The lowest BCUT2D eigenvalue weighted by atomic mass is 10.3. The Morgan fingerprint density at radius 1 is 1.71 bits per heavy atom. The molecule has 14 heavy (non-hydrogen) atoms. The predicted octanol–water partition coefficient (Wildman–Crippen LogP) is -0.285. The lowest BCUT2D eigenvalue weighted by molar-refractivity contribution is 0.943. The van der Waals surface area contributed by atoms with Gasteiger partial charge in [-0.1, -0.05) is 0 Å². The largest absolute Gasteiger partial charge is 0.369 e. The number of nitrogens with zero attached hydrogens (tertiary/aromatic N) is 3. The van der Waals surface area contributed by atoms with Crippen molar-refractivity contribution in [3.63, 3.8) is 0 Å². The first-order chi connectivity index (χ1) is 6.63. The van der Waals surface area contributed by atoms with Gasteiger partial charge in [-0.25, -0.2) is 0 Å². The van der Waals surface area contributed by atoms with E-state index in [9.17, 15) is 4.79 Å². The summed E-state index contributed by atoms with van der Waals surface area (Å²) in [5, 5.41) is 9.05. The number of aromatic amines is 1. The normalized spacial score (nSPS) is 10.3. The van der Waals surface area contributed by atoms with Crippen LogP contribution in [0.2, 0.25) is 0 Å². The van der Waals surface area contributed by atoms with Gasteiger partial charge < -0.3 is 10.3 Å². The number of nitrogens with one attached hydrogen (secondary N) is 1. The molecule has 0 saturated heterocycles. The number of aromatic nitrogens is 3. The highest BCUT2D eigenvalue weighted by atomic mass is 16.1. The van der Waals surface area contributed by atoms with Gasteiger partial charge in [-0.05, 0) is 0 Å². The molecule has 0 amide bonds. The van der Waals surface area contributed by atoms with Crippen molar-refractivity contribution in [2.24, 2.45) is 7.05 Å². The number of nitrogens with two attached hydrogens (primary N) is 1. The van der Waals surface area contributed by atoms with Gasteiger partial charge in [0.15, 0.2) is 5.65 Å².